The highest BCUT2D eigenvalue weighted by atomic mass is 16.7. The van der Waals surface area contributed by atoms with Gasteiger partial charge in [0.1, 0.15) is 0 Å². The van der Waals surface area contributed by atoms with E-state index in [4.69, 9.17) is 19.9 Å². The lowest BCUT2D eigenvalue weighted by atomic mass is 10.4. The molecule has 5 nitrogen and oxygen atoms in total. The molecule has 3 N–H and O–H groups in total. The molecule has 0 saturated heterocycles. The zero-order chi connectivity index (χ0) is 11.6. The molecule has 0 bridgehead atoms. The SMILES string of the molecule is CCOCNCCOC(C)(C)OCCN. The number of ether oxygens (including phenoxy) is 3. The number of nitrogens with two attached hydrogens (primary N) is 1. The van der Waals surface area contributed by atoms with Gasteiger partial charge in [-0.25, -0.2) is 0 Å². The second kappa shape index (κ2) is 9.06. The highest BCUT2D eigenvalue weighted by Crippen LogP contribution is 2.09. The van der Waals surface area contributed by atoms with Gasteiger partial charge < -0.3 is 19.9 Å². The quantitative estimate of drug-likeness (QED) is 0.409. The third kappa shape index (κ3) is 10.1. The van der Waals surface area contributed by atoms with Crippen molar-refractivity contribution in [1.29, 1.82) is 0 Å². The zero-order valence-corrected chi connectivity index (χ0v) is 10.0. The molecule has 0 rings (SSSR count). The Morgan fingerprint density at radius 2 is 1.87 bits per heavy atom. The molecule has 0 aromatic rings. The van der Waals surface area contributed by atoms with Crippen molar-refractivity contribution in [3.8, 4) is 0 Å². The van der Waals surface area contributed by atoms with Crippen LogP contribution < -0.4 is 11.1 Å². The van der Waals surface area contributed by atoms with Gasteiger partial charge in [0.2, 0.25) is 0 Å². The molecule has 0 unspecified atom stereocenters. The predicted octanol–water partition coefficient (Wildman–Crippen LogP) is 0.298. The largest absolute Gasteiger partial charge is 0.367 e. The van der Waals surface area contributed by atoms with Crippen LogP contribution in [0.1, 0.15) is 20.8 Å². The summed E-state index contributed by atoms with van der Waals surface area (Å²) in [6.45, 7) is 9.36. The van der Waals surface area contributed by atoms with Crippen molar-refractivity contribution in [2.24, 2.45) is 5.73 Å². The standard InChI is InChI=1S/C10H24N2O3/c1-4-13-9-12-6-8-15-10(2,3)14-7-5-11/h12H,4-9,11H2,1-3H3. The van der Waals surface area contributed by atoms with Crippen molar-refractivity contribution < 1.29 is 14.2 Å². The van der Waals surface area contributed by atoms with Gasteiger partial charge in [-0.05, 0) is 20.8 Å². The Kier molecular flexibility index (Phi) is 8.94. The van der Waals surface area contributed by atoms with Crippen molar-refractivity contribution in [3.05, 3.63) is 0 Å². The van der Waals surface area contributed by atoms with Crippen molar-refractivity contribution in [2.45, 2.75) is 26.6 Å². The lowest BCUT2D eigenvalue weighted by Crippen LogP contribution is -2.34. The van der Waals surface area contributed by atoms with Crippen molar-refractivity contribution in [3.63, 3.8) is 0 Å². The molecule has 92 valence electrons. The monoisotopic (exact) mass is 220 g/mol. The van der Waals surface area contributed by atoms with Gasteiger partial charge in [-0.2, -0.15) is 0 Å². The molecule has 5 heteroatoms. The Morgan fingerprint density at radius 1 is 1.20 bits per heavy atom. The molecule has 0 aromatic heterocycles. The highest BCUT2D eigenvalue weighted by molar-refractivity contribution is 4.54. The maximum Gasteiger partial charge on any atom is 0.162 e. The summed E-state index contributed by atoms with van der Waals surface area (Å²) in [5.74, 6) is -0.563. The third-order valence-corrected chi connectivity index (χ3v) is 1.70. The van der Waals surface area contributed by atoms with E-state index in [9.17, 15) is 0 Å². The normalized spacial score (nSPS) is 12.0. The van der Waals surface area contributed by atoms with Crippen LogP contribution in [0.25, 0.3) is 0 Å². The fraction of sp³-hybridized carbons (Fsp3) is 1.00. The van der Waals surface area contributed by atoms with E-state index in [2.05, 4.69) is 5.32 Å². The van der Waals surface area contributed by atoms with Crippen LogP contribution in [0.5, 0.6) is 0 Å². The first-order valence-corrected chi connectivity index (χ1v) is 5.39. The Bertz CT molecular complexity index is 143. The molecule has 0 fully saturated rings. The van der Waals surface area contributed by atoms with Crippen LogP contribution in [0.3, 0.4) is 0 Å². The molecule has 0 radical (unpaired) electrons. The maximum atomic E-state index is 5.52. The molecular weight excluding hydrogens is 196 g/mol. The Labute approximate surface area is 92.3 Å². The summed E-state index contributed by atoms with van der Waals surface area (Å²) in [6.07, 6.45) is 0. The van der Waals surface area contributed by atoms with Crippen LogP contribution in [0.15, 0.2) is 0 Å². The fourth-order valence-electron chi connectivity index (χ4n) is 0.962. The van der Waals surface area contributed by atoms with E-state index in [-0.39, 0.29) is 0 Å². The number of nitrogens with one attached hydrogen (secondary N) is 1. The predicted molar refractivity (Wildman–Crippen MR) is 59.5 cm³/mol. The Hall–Kier alpha value is -0.200. The second-order valence-electron chi connectivity index (χ2n) is 3.52. The van der Waals surface area contributed by atoms with Gasteiger partial charge in [-0.3, -0.25) is 5.32 Å². The molecule has 0 aromatic carbocycles. The van der Waals surface area contributed by atoms with E-state index < -0.39 is 5.79 Å². The average Bonchev–Trinajstić information content (AvgIpc) is 2.20. The van der Waals surface area contributed by atoms with Crippen LogP contribution >= 0.6 is 0 Å². The summed E-state index contributed by atoms with van der Waals surface area (Å²) in [5.41, 5.74) is 5.34. The molecule has 0 aliphatic carbocycles. The van der Waals surface area contributed by atoms with Gasteiger partial charge in [0, 0.05) is 19.7 Å². The summed E-state index contributed by atoms with van der Waals surface area (Å²) < 4.78 is 16.0. The first kappa shape index (κ1) is 14.8. The average molecular weight is 220 g/mol. The fourth-order valence-corrected chi connectivity index (χ4v) is 0.962. The molecule has 0 saturated carbocycles. The van der Waals surface area contributed by atoms with Crippen LogP contribution in [0.4, 0.5) is 0 Å². The minimum Gasteiger partial charge on any atom is -0.367 e. The molecule has 0 aliphatic heterocycles. The van der Waals surface area contributed by atoms with Crippen LogP contribution in [-0.4, -0.2) is 45.4 Å². The van der Waals surface area contributed by atoms with E-state index >= 15 is 0 Å². The molecule has 0 amide bonds. The zero-order valence-electron chi connectivity index (χ0n) is 10.0. The van der Waals surface area contributed by atoms with Gasteiger partial charge in [0.25, 0.3) is 0 Å². The molecule has 15 heavy (non-hydrogen) atoms. The molecule has 0 atom stereocenters. The van der Waals surface area contributed by atoms with Crippen molar-refractivity contribution in [2.75, 3.05) is 39.6 Å². The minimum atomic E-state index is -0.563. The van der Waals surface area contributed by atoms with Crippen LogP contribution in [0.2, 0.25) is 0 Å². The van der Waals surface area contributed by atoms with Gasteiger partial charge in [-0.15, -0.1) is 0 Å². The molecule has 0 heterocycles. The van der Waals surface area contributed by atoms with E-state index in [0.29, 0.717) is 26.5 Å². The van der Waals surface area contributed by atoms with E-state index in [1.807, 2.05) is 20.8 Å². The number of hydrogen-bond acceptors (Lipinski definition) is 5. The van der Waals surface area contributed by atoms with E-state index in [1.54, 1.807) is 0 Å². The topological polar surface area (TPSA) is 65.7 Å². The van der Waals surface area contributed by atoms with Crippen molar-refractivity contribution in [1.82, 2.24) is 5.32 Å². The summed E-state index contributed by atoms with van der Waals surface area (Å²) in [6, 6.07) is 0. The van der Waals surface area contributed by atoms with Gasteiger partial charge >= 0.3 is 0 Å². The third-order valence-electron chi connectivity index (χ3n) is 1.70. The van der Waals surface area contributed by atoms with Crippen molar-refractivity contribution >= 4 is 0 Å². The van der Waals surface area contributed by atoms with Crippen LogP contribution in [0, 0.1) is 0 Å². The Balaban J connectivity index is 3.32. The first-order valence-electron chi connectivity index (χ1n) is 5.39. The molecular formula is C10H24N2O3. The number of hydrogen-bond donors (Lipinski definition) is 2. The number of rotatable bonds is 10. The lowest BCUT2D eigenvalue weighted by molar-refractivity contribution is -0.210. The summed E-state index contributed by atoms with van der Waals surface area (Å²) in [5, 5.41) is 3.09. The van der Waals surface area contributed by atoms with E-state index in [1.165, 1.54) is 0 Å². The lowest BCUT2D eigenvalue weighted by Gasteiger charge is -2.25. The van der Waals surface area contributed by atoms with Gasteiger partial charge in [0.05, 0.1) is 19.9 Å². The summed E-state index contributed by atoms with van der Waals surface area (Å²) in [7, 11) is 0. The molecule has 0 spiro atoms. The Morgan fingerprint density at radius 3 is 2.47 bits per heavy atom. The van der Waals surface area contributed by atoms with Gasteiger partial charge in [0.15, 0.2) is 5.79 Å². The highest BCUT2D eigenvalue weighted by Gasteiger charge is 2.17. The maximum absolute atomic E-state index is 5.52. The summed E-state index contributed by atoms with van der Waals surface area (Å²) >= 11 is 0. The van der Waals surface area contributed by atoms with E-state index in [0.717, 1.165) is 13.2 Å². The smallest absolute Gasteiger partial charge is 0.162 e. The molecule has 0 aliphatic rings. The second-order valence-corrected chi connectivity index (χ2v) is 3.52. The summed E-state index contributed by atoms with van der Waals surface area (Å²) in [4.78, 5) is 0. The first-order chi connectivity index (χ1) is 7.12. The van der Waals surface area contributed by atoms with Crippen LogP contribution in [-0.2, 0) is 14.2 Å². The minimum absolute atomic E-state index is 0.509. The van der Waals surface area contributed by atoms with Gasteiger partial charge in [-0.1, -0.05) is 0 Å².